The van der Waals surface area contributed by atoms with E-state index in [0.29, 0.717) is 0 Å². The minimum atomic E-state index is -0.155. The van der Waals surface area contributed by atoms with Gasteiger partial charge in [0.05, 0.1) is 5.41 Å². The fraction of sp³-hybridized carbons (Fsp3) is 0.143. The Balaban J connectivity index is 1.79. The molecule has 0 heteroatoms. The summed E-state index contributed by atoms with van der Waals surface area (Å²) in [5, 5.41) is 0. The summed E-state index contributed by atoms with van der Waals surface area (Å²) < 4.78 is 0. The van der Waals surface area contributed by atoms with Crippen molar-refractivity contribution in [2.75, 3.05) is 0 Å². The maximum atomic E-state index is 3.49. The zero-order chi connectivity index (χ0) is 18.9. The average Bonchev–Trinajstić information content (AvgIpc) is 2.97. The molecule has 6 rings (SSSR count). The Bertz CT molecular complexity index is 1210. The molecule has 4 aromatic rings. The zero-order valence-electron chi connectivity index (χ0n) is 16.1. The second-order valence-electron chi connectivity index (χ2n) is 8.20. The van der Waals surface area contributed by atoms with Crippen molar-refractivity contribution in [3.8, 4) is 22.3 Å². The molecule has 0 bridgehead atoms. The standard InChI is InChI=1S/C28H20/c1-18-11-13-23-24-14-12-19(2)16-27(24)28(26(23)15-18)17-20-7-3-4-8-21(20)22-9-5-6-10-25(22)28/h3-11,13,15-16H,17H2,1-2H3. The van der Waals surface area contributed by atoms with E-state index in [0.717, 1.165) is 12.0 Å². The van der Waals surface area contributed by atoms with Crippen LogP contribution in [-0.4, -0.2) is 0 Å². The first-order chi connectivity index (χ1) is 13.7. The summed E-state index contributed by atoms with van der Waals surface area (Å²) >= 11 is 0. The first kappa shape index (κ1) is 15.7. The van der Waals surface area contributed by atoms with Crippen molar-refractivity contribution in [1.82, 2.24) is 0 Å². The van der Waals surface area contributed by atoms with E-state index in [-0.39, 0.29) is 5.41 Å². The second-order valence-corrected chi connectivity index (χ2v) is 8.20. The Kier molecular flexibility index (Phi) is 3.01. The molecule has 0 N–H and O–H groups in total. The fourth-order valence-corrected chi connectivity index (χ4v) is 5.37. The van der Waals surface area contributed by atoms with Gasteiger partial charge in [-0.15, -0.1) is 0 Å². The molecule has 1 unspecified atom stereocenters. The molecule has 0 nitrogen and oxygen atoms in total. The van der Waals surface area contributed by atoms with E-state index in [1.165, 1.54) is 50.1 Å². The maximum absolute atomic E-state index is 3.49. The Morgan fingerprint density at radius 1 is 0.679 bits per heavy atom. The van der Waals surface area contributed by atoms with Crippen LogP contribution in [0.15, 0.2) is 72.8 Å². The minimum Gasteiger partial charge on any atom is -0.0664 e. The molecule has 0 aliphatic heterocycles. The Labute approximate surface area is 166 Å². The molecule has 1 spiro atoms. The summed E-state index contributed by atoms with van der Waals surface area (Å²) in [7, 11) is 0. The SMILES string of the molecule is Cc1c#cc2c(c1)C1(Cc3ccccc3-c3ccccc31)c1cc(C)ccc1-2. The molecule has 132 valence electrons. The molecule has 0 aromatic heterocycles. The monoisotopic (exact) mass is 356 g/mol. The van der Waals surface area contributed by atoms with Gasteiger partial charge in [-0.1, -0.05) is 84.4 Å². The lowest BCUT2D eigenvalue weighted by Gasteiger charge is -2.39. The predicted octanol–water partition coefficient (Wildman–Crippen LogP) is 6.44. The van der Waals surface area contributed by atoms with Gasteiger partial charge in [-0.25, -0.2) is 0 Å². The van der Waals surface area contributed by atoms with Crippen LogP contribution < -0.4 is 0 Å². The molecule has 0 fully saturated rings. The zero-order valence-corrected chi connectivity index (χ0v) is 16.1. The van der Waals surface area contributed by atoms with Crippen LogP contribution in [-0.2, 0) is 11.8 Å². The molecule has 28 heavy (non-hydrogen) atoms. The van der Waals surface area contributed by atoms with E-state index < -0.39 is 0 Å². The van der Waals surface area contributed by atoms with Crippen LogP contribution in [0.25, 0.3) is 22.3 Å². The Morgan fingerprint density at radius 2 is 1.46 bits per heavy atom. The predicted molar refractivity (Wildman–Crippen MR) is 114 cm³/mol. The molecule has 2 aliphatic carbocycles. The van der Waals surface area contributed by atoms with Crippen molar-refractivity contribution >= 4 is 0 Å². The highest BCUT2D eigenvalue weighted by Gasteiger charge is 2.48. The molecular formula is C28H20. The van der Waals surface area contributed by atoms with Crippen molar-refractivity contribution < 1.29 is 0 Å². The molecule has 4 aromatic carbocycles. The summed E-state index contributed by atoms with van der Waals surface area (Å²) in [5.41, 5.74) is 13.2. The van der Waals surface area contributed by atoms with Gasteiger partial charge in [-0.3, -0.25) is 0 Å². The number of hydrogen-bond acceptors (Lipinski definition) is 0. The lowest BCUT2D eigenvalue weighted by molar-refractivity contribution is 0.621. The summed E-state index contributed by atoms with van der Waals surface area (Å²) in [5.74, 6) is 0. The highest BCUT2D eigenvalue weighted by atomic mass is 14.5. The first-order valence-electron chi connectivity index (χ1n) is 9.93. The van der Waals surface area contributed by atoms with Crippen LogP contribution in [0.2, 0.25) is 0 Å². The maximum Gasteiger partial charge on any atom is 0.0517 e. The van der Waals surface area contributed by atoms with E-state index in [1.54, 1.807) is 0 Å². The summed E-state index contributed by atoms with van der Waals surface area (Å²) in [4.78, 5) is 0. The molecule has 2 aliphatic rings. The van der Waals surface area contributed by atoms with Gasteiger partial charge in [0.2, 0.25) is 0 Å². The normalized spacial score (nSPS) is 14.6. The first-order valence-corrected chi connectivity index (χ1v) is 9.93. The molecule has 0 saturated heterocycles. The van der Waals surface area contributed by atoms with Crippen LogP contribution in [0.3, 0.4) is 0 Å². The van der Waals surface area contributed by atoms with Crippen molar-refractivity contribution in [3.05, 3.63) is 118 Å². The van der Waals surface area contributed by atoms with Gasteiger partial charge in [-0.05, 0) is 70.8 Å². The quantitative estimate of drug-likeness (QED) is 0.340. The van der Waals surface area contributed by atoms with Crippen LogP contribution >= 0.6 is 0 Å². The smallest absolute Gasteiger partial charge is 0.0517 e. The van der Waals surface area contributed by atoms with Gasteiger partial charge in [0.15, 0.2) is 0 Å². The van der Waals surface area contributed by atoms with E-state index in [1.807, 2.05) is 0 Å². The lowest BCUT2D eigenvalue weighted by atomic mass is 9.63. The molecular weight excluding hydrogens is 336 g/mol. The number of rotatable bonds is 0. The van der Waals surface area contributed by atoms with Crippen LogP contribution in [0, 0.1) is 26.0 Å². The van der Waals surface area contributed by atoms with E-state index >= 15 is 0 Å². The van der Waals surface area contributed by atoms with E-state index in [2.05, 4.69) is 98.8 Å². The largest absolute Gasteiger partial charge is 0.0664 e. The van der Waals surface area contributed by atoms with E-state index in [9.17, 15) is 0 Å². The van der Waals surface area contributed by atoms with Gasteiger partial charge in [-0.2, -0.15) is 0 Å². The topological polar surface area (TPSA) is 0 Å². The Hall–Kier alpha value is -3.30. The highest BCUT2D eigenvalue weighted by molar-refractivity contribution is 5.88. The van der Waals surface area contributed by atoms with Gasteiger partial charge >= 0.3 is 0 Å². The molecule has 0 saturated carbocycles. The number of fused-ring (bicyclic) bond motifs is 9. The molecule has 0 radical (unpaired) electrons. The minimum absolute atomic E-state index is 0.155. The van der Waals surface area contributed by atoms with Crippen molar-refractivity contribution in [2.24, 2.45) is 0 Å². The van der Waals surface area contributed by atoms with Gasteiger partial charge in [0.1, 0.15) is 0 Å². The highest BCUT2D eigenvalue weighted by Crippen LogP contribution is 2.58. The Morgan fingerprint density at radius 3 is 2.36 bits per heavy atom. The third-order valence-electron chi connectivity index (χ3n) is 6.53. The lowest BCUT2D eigenvalue weighted by Crippen LogP contribution is -2.33. The van der Waals surface area contributed by atoms with Crippen LogP contribution in [0.5, 0.6) is 0 Å². The number of aryl methyl sites for hydroxylation is 2. The molecule has 0 amide bonds. The summed E-state index contributed by atoms with van der Waals surface area (Å²) in [6, 6.07) is 33.9. The second kappa shape index (κ2) is 5.37. The fourth-order valence-electron chi connectivity index (χ4n) is 5.37. The van der Waals surface area contributed by atoms with Gasteiger partial charge in [0.25, 0.3) is 0 Å². The number of benzene rings is 3. The van der Waals surface area contributed by atoms with Crippen LogP contribution in [0.1, 0.15) is 33.4 Å². The third kappa shape index (κ3) is 1.87. The van der Waals surface area contributed by atoms with Gasteiger partial charge < -0.3 is 0 Å². The summed E-state index contributed by atoms with van der Waals surface area (Å²) in [6.07, 6.45) is 0.987. The van der Waals surface area contributed by atoms with E-state index in [4.69, 9.17) is 0 Å². The van der Waals surface area contributed by atoms with Crippen LogP contribution in [0.4, 0.5) is 0 Å². The number of hydrogen-bond donors (Lipinski definition) is 0. The van der Waals surface area contributed by atoms with Crippen molar-refractivity contribution in [2.45, 2.75) is 25.7 Å². The summed E-state index contributed by atoms with van der Waals surface area (Å²) in [6.45, 7) is 4.32. The molecule has 0 heterocycles. The average molecular weight is 356 g/mol. The van der Waals surface area contributed by atoms with Crippen molar-refractivity contribution in [1.29, 1.82) is 0 Å². The molecule has 1 atom stereocenters. The van der Waals surface area contributed by atoms with Crippen molar-refractivity contribution in [3.63, 3.8) is 0 Å². The van der Waals surface area contributed by atoms with Gasteiger partial charge in [0, 0.05) is 5.56 Å². The third-order valence-corrected chi connectivity index (χ3v) is 6.53.